The molecule has 4 aromatic rings. The van der Waals surface area contributed by atoms with Crippen LogP contribution >= 0.6 is 0 Å². The zero-order valence-corrected chi connectivity index (χ0v) is 12.4. The van der Waals surface area contributed by atoms with E-state index in [9.17, 15) is 4.79 Å². The van der Waals surface area contributed by atoms with Crippen LogP contribution in [0.25, 0.3) is 27.8 Å². The average molecular weight is 303 g/mol. The maximum atomic E-state index is 11.0. The minimum Gasteiger partial charge on any atom is -0.478 e. The van der Waals surface area contributed by atoms with Gasteiger partial charge in [-0.25, -0.2) is 14.3 Å². The fourth-order valence-corrected chi connectivity index (χ4v) is 2.77. The molecule has 23 heavy (non-hydrogen) atoms. The Bertz CT molecular complexity index is 1050. The molecule has 5 heteroatoms. The summed E-state index contributed by atoms with van der Waals surface area (Å²) in [5.74, 6) is -0.934. The zero-order chi connectivity index (χ0) is 16.0. The predicted molar refractivity (Wildman–Crippen MR) is 87.6 cm³/mol. The van der Waals surface area contributed by atoms with Crippen molar-refractivity contribution in [2.24, 2.45) is 0 Å². The molecule has 0 bridgehead atoms. The summed E-state index contributed by atoms with van der Waals surface area (Å²) in [6.07, 6.45) is 0. The molecule has 0 radical (unpaired) electrons. The molecule has 0 atom stereocenters. The molecule has 0 aliphatic carbocycles. The molecule has 0 aliphatic rings. The minimum atomic E-state index is -0.934. The van der Waals surface area contributed by atoms with Crippen LogP contribution < -0.4 is 0 Å². The lowest BCUT2D eigenvalue weighted by molar-refractivity contribution is 0.0697. The number of nitrogens with zero attached hydrogens (tertiary/aromatic N) is 3. The molecule has 0 saturated carbocycles. The molecule has 0 spiro atoms. The van der Waals surface area contributed by atoms with E-state index in [1.807, 2.05) is 41.8 Å². The van der Waals surface area contributed by atoms with E-state index >= 15 is 0 Å². The lowest BCUT2D eigenvalue weighted by atomic mass is 10.0. The van der Waals surface area contributed by atoms with Crippen molar-refractivity contribution in [3.8, 4) is 11.3 Å². The highest BCUT2D eigenvalue weighted by atomic mass is 16.4. The molecular formula is C18H13N3O2. The topological polar surface area (TPSA) is 67.5 Å². The molecule has 0 amide bonds. The third-order valence-electron chi connectivity index (χ3n) is 3.83. The Morgan fingerprint density at radius 3 is 2.57 bits per heavy atom. The Balaban J connectivity index is 2.02. The first-order valence-electron chi connectivity index (χ1n) is 7.22. The molecule has 112 valence electrons. The highest BCUT2D eigenvalue weighted by Gasteiger charge is 2.12. The number of carbonyl (C=O) groups is 1. The van der Waals surface area contributed by atoms with E-state index in [0.29, 0.717) is 0 Å². The number of carboxylic acids is 1. The number of carboxylic acid groups (broad SMARTS) is 1. The van der Waals surface area contributed by atoms with Gasteiger partial charge in [0, 0.05) is 17.0 Å². The highest BCUT2D eigenvalue weighted by molar-refractivity contribution is 5.95. The molecule has 2 heterocycles. The van der Waals surface area contributed by atoms with Crippen LogP contribution in [0, 0.1) is 6.92 Å². The fourth-order valence-electron chi connectivity index (χ4n) is 2.77. The number of para-hydroxylation sites is 1. The quantitative estimate of drug-likeness (QED) is 0.615. The lowest BCUT2D eigenvalue weighted by Gasteiger charge is -2.08. The van der Waals surface area contributed by atoms with E-state index in [2.05, 4.69) is 5.10 Å². The summed E-state index contributed by atoms with van der Waals surface area (Å²) < 4.78 is 1.83. The average Bonchev–Trinajstić information content (AvgIpc) is 2.95. The molecule has 0 saturated heterocycles. The van der Waals surface area contributed by atoms with Crippen LogP contribution in [0.3, 0.4) is 0 Å². The van der Waals surface area contributed by atoms with Crippen molar-refractivity contribution < 1.29 is 9.90 Å². The summed E-state index contributed by atoms with van der Waals surface area (Å²) >= 11 is 0. The van der Waals surface area contributed by atoms with Gasteiger partial charge in [0.2, 0.25) is 0 Å². The van der Waals surface area contributed by atoms with Gasteiger partial charge in [0.25, 0.3) is 0 Å². The number of benzene rings is 2. The van der Waals surface area contributed by atoms with E-state index < -0.39 is 5.97 Å². The Hall–Kier alpha value is -3.21. The first-order valence-corrected chi connectivity index (χ1v) is 7.22. The molecule has 2 aromatic carbocycles. The molecule has 5 nitrogen and oxygen atoms in total. The number of aromatic nitrogens is 3. The van der Waals surface area contributed by atoms with Crippen LogP contribution in [0.5, 0.6) is 0 Å². The van der Waals surface area contributed by atoms with Gasteiger partial charge in [0.05, 0.1) is 22.5 Å². The Morgan fingerprint density at radius 2 is 1.83 bits per heavy atom. The Labute approximate surface area is 131 Å². The molecule has 4 rings (SSSR count). The lowest BCUT2D eigenvalue weighted by Crippen LogP contribution is -1.98. The van der Waals surface area contributed by atoms with Crippen molar-refractivity contribution in [3.05, 3.63) is 65.9 Å². The molecule has 2 aromatic heterocycles. The third-order valence-corrected chi connectivity index (χ3v) is 3.83. The first-order chi connectivity index (χ1) is 11.1. The van der Waals surface area contributed by atoms with Crippen LogP contribution in [-0.4, -0.2) is 25.7 Å². The van der Waals surface area contributed by atoms with E-state index in [4.69, 9.17) is 10.1 Å². The van der Waals surface area contributed by atoms with Crippen molar-refractivity contribution in [2.45, 2.75) is 6.92 Å². The van der Waals surface area contributed by atoms with E-state index in [1.54, 1.807) is 24.3 Å². The van der Waals surface area contributed by atoms with Crippen LogP contribution in [0.1, 0.15) is 16.1 Å². The van der Waals surface area contributed by atoms with E-state index in [-0.39, 0.29) is 5.56 Å². The summed E-state index contributed by atoms with van der Waals surface area (Å²) in [7, 11) is 0. The van der Waals surface area contributed by atoms with Gasteiger partial charge in [-0.05, 0) is 25.1 Å². The SMILES string of the molecule is Cc1cc2nc(-c3ccc(C(=O)O)cc3)c3ccccc3n2n1. The third kappa shape index (κ3) is 2.14. The number of hydrogen-bond acceptors (Lipinski definition) is 3. The van der Waals surface area contributed by atoms with Crippen molar-refractivity contribution in [1.82, 2.24) is 14.6 Å². The van der Waals surface area contributed by atoms with Crippen molar-refractivity contribution in [1.29, 1.82) is 0 Å². The highest BCUT2D eigenvalue weighted by Crippen LogP contribution is 2.28. The fraction of sp³-hybridized carbons (Fsp3) is 0.0556. The molecule has 0 fully saturated rings. The minimum absolute atomic E-state index is 0.263. The molecule has 1 N–H and O–H groups in total. The van der Waals surface area contributed by atoms with Gasteiger partial charge in [-0.3, -0.25) is 0 Å². The van der Waals surface area contributed by atoms with Gasteiger partial charge in [0.1, 0.15) is 0 Å². The summed E-state index contributed by atoms with van der Waals surface area (Å²) in [6.45, 7) is 1.94. The summed E-state index contributed by atoms with van der Waals surface area (Å²) in [6, 6.07) is 16.6. The monoisotopic (exact) mass is 303 g/mol. The number of fused-ring (bicyclic) bond motifs is 3. The normalized spacial score (nSPS) is 11.2. The van der Waals surface area contributed by atoms with Gasteiger partial charge in [-0.1, -0.05) is 30.3 Å². The number of rotatable bonds is 2. The van der Waals surface area contributed by atoms with Gasteiger partial charge in [0.15, 0.2) is 5.65 Å². The summed E-state index contributed by atoms with van der Waals surface area (Å²) in [5.41, 5.74) is 4.62. The largest absolute Gasteiger partial charge is 0.478 e. The van der Waals surface area contributed by atoms with Crippen LogP contribution in [-0.2, 0) is 0 Å². The molecule has 0 unspecified atom stereocenters. The van der Waals surface area contributed by atoms with Gasteiger partial charge in [-0.2, -0.15) is 5.10 Å². The first kappa shape index (κ1) is 13.5. The van der Waals surface area contributed by atoms with Crippen LogP contribution in [0.2, 0.25) is 0 Å². The van der Waals surface area contributed by atoms with Crippen LogP contribution in [0.15, 0.2) is 54.6 Å². The number of aryl methyl sites for hydroxylation is 1. The second kappa shape index (κ2) is 4.91. The smallest absolute Gasteiger partial charge is 0.335 e. The maximum absolute atomic E-state index is 11.0. The number of aromatic carboxylic acids is 1. The molecular weight excluding hydrogens is 290 g/mol. The van der Waals surface area contributed by atoms with Crippen molar-refractivity contribution >= 4 is 22.5 Å². The summed E-state index contributed by atoms with van der Waals surface area (Å²) in [4.78, 5) is 15.7. The standard InChI is InChI=1S/C18H13N3O2/c1-11-10-16-19-17(12-6-8-13(9-7-12)18(22)23)14-4-2-3-5-15(14)21(16)20-11/h2-10H,1H3,(H,22,23). The van der Waals surface area contributed by atoms with E-state index in [0.717, 1.165) is 33.5 Å². The predicted octanol–water partition coefficient (Wildman–Crippen LogP) is 3.56. The second-order valence-corrected chi connectivity index (χ2v) is 5.42. The van der Waals surface area contributed by atoms with Gasteiger partial charge >= 0.3 is 5.97 Å². The van der Waals surface area contributed by atoms with Gasteiger partial charge < -0.3 is 5.11 Å². The molecule has 0 aliphatic heterocycles. The van der Waals surface area contributed by atoms with Gasteiger partial charge in [-0.15, -0.1) is 0 Å². The maximum Gasteiger partial charge on any atom is 0.335 e. The number of hydrogen-bond donors (Lipinski definition) is 1. The Morgan fingerprint density at radius 1 is 1.09 bits per heavy atom. The Kier molecular flexibility index (Phi) is 2.87. The second-order valence-electron chi connectivity index (χ2n) is 5.42. The van der Waals surface area contributed by atoms with Crippen molar-refractivity contribution in [2.75, 3.05) is 0 Å². The van der Waals surface area contributed by atoms with Crippen molar-refractivity contribution in [3.63, 3.8) is 0 Å². The zero-order valence-electron chi connectivity index (χ0n) is 12.4. The van der Waals surface area contributed by atoms with Crippen LogP contribution in [0.4, 0.5) is 0 Å². The van der Waals surface area contributed by atoms with E-state index in [1.165, 1.54) is 0 Å². The summed E-state index contributed by atoms with van der Waals surface area (Å²) in [5, 5.41) is 14.5.